The van der Waals surface area contributed by atoms with E-state index in [0.717, 1.165) is 0 Å². The molecule has 1 aliphatic rings. The molecule has 0 aromatic carbocycles. The van der Waals surface area contributed by atoms with Gasteiger partial charge in [-0.2, -0.15) is 0 Å². The van der Waals surface area contributed by atoms with Crippen LogP contribution in [-0.4, -0.2) is 24.4 Å². The zero-order valence-corrected chi connectivity index (χ0v) is 5.78. The highest BCUT2D eigenvalue weighted by Crippen LogP contribution is 2.40. The molecule has 0 aromatic rings. The van der Waals surface area contributed by atoms with Gasteiger partial charge in [0.2, 0.25) is 0 Å². The lowest BCUT2D eigenvalue weighted by molar-refractivity contribution is -0.0535. The molecule has 5 heteroatoms. The molecular formula is C4H7F3NP. The first-order valence-electron chi connectivity index (χ1n) is 2.52. The number of alkyl halides is 3. The molecule has 1 nitrogen and oxygen atoms in total. The third-order valence-electron chi connectivity index (χ3n) is 1.34. The molecule has 0 bridgehead atoms. The van der Waals surface area contributed by atoms with Crippen LogP contribution in [-0.2, 0) is 0 Å². The van der Waals surface area contributed by atoms with Crippen molar-refractivity contribution in [2.24, 2.45) is 0 Å². The summed E-state index contributed by atoms with van der Waals surface area (Å²) in [5, 5.41) is -0.181. The molecule has 2 atom stereocenters. The lowest BCUT2D eigenvalue weighted by atomic mass is 10.2. The van der Waals surface area contributed by atoms with Crippen LogP contribution in [0.1, 0.15) is 0 Å². The summed E-state index contributed by atoms with van der Waals surface area (Å²) in [6.07, 6.45) is 0. The van der Waals surface area contributed by atoms with Crippen LogP contribution in [0.25, 0.3) is 0 Å². The third-order valence-corrected chi connectivity index (χ3v) is 1.96. The van der Waals surface area contributed by atoms with Crippen LogP contribution >= 0.6 is 9.24 Å². The van der Waals surface area contributed by atoms with Gasteiger partial charge in [0.05, 0.1) is 6.54 Å². The van der Waals surface area contributed by atoms with Gasteiger partial charge < -0.3 is 5.32 Å². The smallest absolute Gasteiger partial charge is 0.298 e. The topological polar surface area (TPSA) is 12.0 Å². The summed E-state index contributed by atoms with van der Waals surface area (Å²) in [6.45, 7) is -0.850. The van der Waals surface area contributed by atoms with Crippen molar-refractivity contribution >= 4 is 9.24 Å². The van der Waals surface area contributed by atoms with Gasteiger partial charge in [-0.3, -0.25) is 0 Å². The van der Waals surface area contributed by atoms with E-state index in [4.69, 9.17) is 0 Å². The fourth-order valence-electron chi connectivity index (χ4n) is 0.678. The maximum Gasteiger partial charge on any atom is 0.298 e. The molecule has 0 aliphatic carbocycles. The number of rotatable bonds is 0. The van der Waals surface area contributed by atoms with Gasteiger partial charge in [-0.1, -0.05) is 9.24 Å². The van der Waals surface area contributed by atoms with Gasteiger partial charge in [0, 0.05) is 6.54 Å². The molecule has 1 fully saturated rings. The average Bonchev–Trinajstić information content (AvgIpc) is 1.81. The first-order chi connectivity index (χ1) is 3.96. The molecule has 0 saturated carbocycles. The van der Waals surface area contributed by atoms with Crippen LogP contribution in [0.5, 0.6) is 0 Å². The van der Waals surface area contributed by atoms with E-state index < -0.39 is 17.9 Å². The standard InChI is InChI=1S/C4H7F3NP/c5-3(6)1-8-2-4(3,7)9/h8H,1-2,9H2. The third kappa shape index (κ3) is 1.06. The quantitative estimate of drug-likeness (QED) is 0.512. The summed E-state index contributed by atoms with van der Waals surface area (Å²) in [7, 11) is 1.52. The second kappa shape index (κ2) is 1.83. The van der Waals surface area contributed by atoms with Gasteiger partial charge in [0.1, 0.15) is 0 Å². The Kier molecular flexibility index (Phi) is 1.48. The van der Waals surface area contributed by atoms with Crippen molar-refractivity contribution in [1.29, 1.82) is 0 Å². The summed E-state index contributed by atoms with van der Waals surface area (Å²) in [5.74, 6) is -3.22. The summed E-state index contributed by atoms with van der Waals surface area (Å²) in [5.41, 5.74) is 0. The molecule has 2 unspecified atom stereocenters. The highest BCUT2D eigenvalue weighted by atomic mass is 31.0. The molecule has 0 spiro atoms. The van der Waals surface area contributed by atoms with Crippen molar-refractivity contribution in [3.63, 3.8) is 0 Å². The van der Waals surface area contributed by atoms with Gasteiger partial charge >= 0.3 is 0 Å². The Balaban J connectivity index is 2.75. The molecular weight excluding hydrogens is 150 g/mol. The number of nitrogens with one attached hydrogen (secondary N) is 1. The van der Waals surface area contributed by atoms with Gasteiger partial charge in [-0.05, 0) is 0 Å². The summed E-state index contributed by atoms with van der Waals surface area (Å²) < 4.78 is 37.1. The fourth-order valence-corrected chi connectivity index (χ4v) is 0.924. The minimum atomic E-state index is -3.22. The first-order valence-corrected chi connectivity index (χ1v) is 3.10. The van der Waals surface area contributed by atoms with E-state index in [1.807, 2.05) is 0 Å². The molecule has 1 aliphatic heterocycles. The van der Waals surface area contributed by atoms with Crippen molar-refractivity contribution in [3.8, 4) is 0 Å². The summed E-state index contributed by atoms with van der Waals surface area (Å²) in [6, 6.07) is 0. The van der Waals surface area contributed by atoms with Crippen LogP contribution in [0.3, 0.4) is 0 Å². The molecule has 9 heavy (non-hydrogen) atoms. The minimum Gasteiger partial charge on any atom is -0.307 e. The van der Waals surface area contributed by atoms with Gasteiger partial charge in [0.15, 0.2) is 5.41 Å². The van der Waals surface area contributed by atoms with E-state index in [2.05, 4.69) is 5.32 Å². The van der Waals surface area contributed by atoms with Crippen molar-refractivity contribution < 1.29 is 13.2 Å². The molecule has 1 heterocycles. The Hall–Kier alpha value is 0.180. The fraction of sp³-hybridized carbons (Fsp3) is 1.00. The minimum absolute atomic E-state index is 0.287. The molecule has 54 valence electrons. The monoisotopic (exact) mass is 157 g/mol. The molecule has 1 N–H and O–H groups in total. The Morgan fingerprint density at radius 3 is 1.89 bits per heavy atom. The lowest BCUT2D eigenvalue weighted by Gasteiger charge is -2.19. The van der Waals surface area contributed by atoms with E-state index in [-0.39, 0.29) is 6.54 Å². The van der Waals surface area contributed by atoms with Crippen molar-refractivity contribution in [2.45, 2.75) is 11.3 Å². The lowest BCUT2D eigenvalue weighted by Crippen LogP contribution is -2.36. The van der Waals surface area contributed by atoms with Crippen molar-refractivity contribution in [1.82, 2.24) is 5.32 Å². The van der Waals surface area contributed by atoms with Crippen LogP contribution in [0.2, 0.25) is 0 Å². The maximum atomic E-state index is 12.5. The van der Waals surface area contributed by atoms with Crippen molar-refractivity contribution in [3.05, 3.63) is 0 Å². The van der Waals surface area contributed by atoms with E-state index in [1.165, 1.54) is 9.24 Å². The first kappa shape index (κ1) is 7.29. The van der Waals surface area contributed by atoms with Crippen LogP contribution in [0.4, 0.5) is 13.2 Å². The molecule has 0 radical (unpaired) electrons. The zero-order chi connectivity index (χ0) is 7.12. The van der Waals surface area contributed by atoms with Gasteiger partial charge in [0.25, 0.3) is 5.92 Å². The molecule has 0 aromatic heterocycles. The number of hydrogen-bond acceptors (Lipinski definition) is 1. The Bertz CT molecular complexity index is 111. The van der Waals surface area contributed by atoms with E-state index in [0.29, 0.717) is 0 Å². The predicted molar refractivity (Wildman–Crippen MR) is 31.4 cm³/mol. The molecule has 1 rings (SSSR count). The number of halogens is 3. The Morgan fingerprint density at radius 2 is 1.78 bits per heavy atom. The predicted octanol–water partition coefficient (Wildman–Crippen LogP) is 0.766. The summed E-state index contributed by atoms with van der Waals surface area (Å²) >= 11 is 0. The normalized spacial score (nSPS) is 41.3. The van der Waals surface area contributed by atoms with Gasteiger partial charge in [-0.25, -0.2) is 13.2 Å². The summed E-state index contributed by atoms with van der Waals surface area (Å²) in [4.78, 5) is 0. The Labute approximate surface area is 53.2 Å². The maximum absolute atomic E-state index is 12.5. The molecule has 1 saturated heterocycles. The van der Waals surface area contributed by atoms with Crippen LogP contribution in [0, 0.1) is 0 Å². The zero-order valence-electron chi connectivity index (χ0n) is 4.63. The van der Waals surface area contributed by atoms with Gasteiger partial charge in [-0.15, -0.1) is 0 Å². The molecule has 0 amide bonds. The second-order valence-corrected chi connectivity index (χ2v) is 3.09. The van der Waals surface area contributed by atoms with Crippen LogP contribution in [0.15, 0.2) is 0 Å². The second-order valence-electron chi connectivity index (χ2n) is 2.17. The van der Waals surface area contributed by atoms with E-state index in [9.17, 15) is 13.2 Å². The van der Waals surface area contributed by atoms with Crippen LogP contribution < -0.4 is 5.32 Å². The largest absolute Gasteiger partial charge is 0.307 e. The average molecular weight is 157 g/mol. The highest BCUT2D eigenvalue weighted by molar-refractivity contribution is 7.18. The number of hydrogen-bond donors (Lipinski definition) is 1. The SMILES string of the molecule is FC1(F)CNCC1(F)P. The van der Waals surface area contributed by atoms with E-state index >= 15 is 0 Å². The Morgan fingerprint density at radius 1 is 1.22 bits per heavy atom. The van der Waals surface area contributed by atoms with Crippen molar-refractivity contribution in [2.75, 3.05) is 13.1 Å². The highest BCUT2D eigenvalue weighted by Gasteiger charge is 2.55. The van der Waals surface area contributed by atoms with E-state index in [1.54, 1.807) is 0 Å².